The molecule has 0 radical (unpaired) electrons. The monoisotopic (exact) mass is 268 g/mol. The van der Waals surface area contributed by atoms with Crippen molar-refractivity contribution >= 4 is 23.4 Å². The number of hydrogen-bond acceptors (Lipinski definition) is 6. The van der Waals surface area contributed by atoms with Crippen LogP contribution in [0.3, 0.4) is 0 Å². The van der Waals surface area contributed by atoms with Gasteiger partial charge in [0.2, 0.25) is 0 Å². The molecule has 0 saturated heterocycles. The number of pyridine rings is 1. The van der Waals surface area contributed by atoms with Gasteiger partial charge in [-0.15, -0.1) is 0 Å². The smallest absolute Gasteiger partial charge is 0.303 e. The number of carboxylic acids is 1. The Kier molecular flexibility index (Phi) is 4.75. The second-order valence-corrected chi connectivity index (χ2v) is 3.64. The van der Waals surface area contributed by atoms with Crippen LogP contribution in [0, 0.1) is 10.1 Å². The van der Waals surface area contributed by atoms with E-state index in [9.17, 15) is 19.7 Å². The van der Waals surface area contributed by atoms with Gasteiger partial charge in [0.25, 0.3) is 11.6 Å². The van der Waals surface area contributed by atoms with Crippen LogP contribution in [0.1, 0.15) is 23.2 Å². The van der Waals surface area contributed by atoms with Gasteiger partial charge < -0.3 is 16.2 Å². The van der Waals surface area contributed by atoms with Crippen molar-refractivity contribution in [2.45, 2.75) is 12.8 Å². The minimum atomic E-state index is -0.936. The van der Waals surface area contributed by atoms with Crippen molar-refractivity contribution in [3.63, 3.8) is 0 Å². The number of nitrogens with two attached hydrogens (primary N) is 1. The Hall–Kier alpha value is -2.71. The van der Waals surface area contributed by atoms with E-state index in [-0.39, 0.29) is 30.0 Å². The van der Waals surface area contributed by atoms with Crippen LogP contribution in [0.4, 0.5) is 11.5 Å². The molecule has 0 aliphatic carbocycles. The number of carboxylic acid groups (broad SMARTS) is 1. The second-order valence-electron chi connectivity index (χ2n) is 3.64. The summed E-state index contributed by atoms with van der Waals surface area (Å²) in [6.45, 7) is 0.261. The van der Waals surface area contributed by atoms with Crippen LogP contribution in [-0.2, 0) is 4.79 Å². The number of amides is 1. The van der Waals surface area contributed by atoms with Gasteiger partial charge in [-0.25, -0.2) is 4.98 Å². The Morgan fingerprint density at radius 3 is 2.74 bits per heavy atom. The molecule has 0 saturated carbocycles. The molecule has 1 aromatic rings. The van der Waals surface area contributed by atoms with Crippen molar-refractivity contribution in [3.05, 3.63) is 27.9 Å². The fourth-order valence-electron chi connectivity index (χ4n) is 1.33. The molecule has 4 N–H and O–H groups in total. The minimum Gasteiger partial charge on any atom is -0.481 e. The molecule has 0 bridgehead atoms. The summed E-state index contributed by atoms with van der Waals surface area (Å²) in [5, 5.41) is 21.7. The highest BCUT2D eigenvalue weighted by atomic mass is 16.6. The van der Waals surface area contributed by atoms with E-state index in [1.54, 1.807) is 0 Å². The van der Waals surface area contributed by atoms with Crippen LogP contribution in [0.25, 0.3) is 0 Å². The van der Waals surface area contributed by atoms with E-state index in [1.165, 1.54) is 0 Å². The number of aliphatic carboxylic acids is 1. The zero-order chi connectivity index (χ0) is 14.4. The number of aromatic nitrogens is 1. The maximum absolute atomic E-state index is 11.2. The topological polar surface area (TPSA) is 148 Å². The summed E-state index contributed by atoms with van der Waals surface area (Å²) in [6, 6.07) is 1.02. The second kappa shape index (κ2) is 6.28. The first-order chi connectivity index (χ1) is 8.91. The van der Waals surface area contributed by atoms with E-state index in [2.05, 4.69) is 10.3 Å². The molecular weight excluding hydrogens is 256 g/mol. The van der Waals surface area contributed by atoms with E-state index in [4.69, 9.17) is 10.8 Å². The lowest BCUT2D eigenvalue weighted by Crippen LogP contribution is -2.16. The van der Waals surface area contributed by atoms with Gasteiger partial charge >= 0.3 is 5.97 Å². The number of anilines is 1. The molecule has 0 aromatic carbocycles. The molecule has 0 aliphatic heterocycles. The number of rotatable bonds is 7. The zero-order valence-electron chi connectivity index (χ0n) is 9.83. The van der Waals surface area contributed by atoms with Crippen molar-refractivity contribution < 1.29 is 19.6 Å². The predicted octanol–water partition coefficient (Wildman–Crippen LogP) is 0.365. The van der Waals surface area contributed by atoms with Crippen LogP contribution in [0.15, 0.2) is 12.3 Å². The normalized spacial score (nSPS) is 9.89. The molecule has 0 spiro atoms. The molecule has 9 nitrogen and oxygen atoms in total. The van der Waals surface area contributed by atoms with E-state index in [1.807, 2.05) is 0 Å². The fourth-order valence-corrected chi connectivity index (χ4v) is 1.33. The third-order valence-electron chi connectivity index (χ3n) is 2.21. The van der Waals surface area contributed by atoms with Crippen molar-refractivity contribution in [3.8, 4) is 0 Å². The Balaban J connectivity index is 2.79. The van der Waals surface area contributed by atoms with Crippen molar-refractivity contribution in [1.29, 1.82) is 0 Å². The van der Waals surface area contributed by atoms with Crippen LogP contribution >= 0.6 is 0 Å². The standard InChI is InChI=1S/C10H12N4O5/c11-9(17)7-4-6(14(18)19)5-13-10(7)12-3-1-2-8(15)16/h4-5H,1-3H2,(H2,11,17)(H,12,13)(H,15,16). The first-order valence-corrected chi connectivity index (χ1v) is 5.31. The quantitative estimate of drug-likeness (QED) is 0.367. The van der Waals surface area contributed by atoms with Crippen molar-refractivity contribution in [1.82, 2.24) is 4.98 Å². The van der Waals surface area contributed by atoms with Gasteiger partial charge in [0.05, 0.1) is 10.5 Å². The maximum Gasteiger partial charge on any atom is 0.303 e. The number of primary amides is 1. The first-order valence-electron chi connectivity index (χ1n) is 5.31. The number of nitro groups is 1. The first kappa shape index (κ1) is 14.4. The van der Waals surface area contributed by atoms with Crippen LogP contribution in [0.5, 0.6) is 0 Å². The SMILES string of the molecule is NC(=O)c1cc([N+](=O)[O-])cnc1NCCCC(=O)O. The van der Waals surface area contributed by atoms with E-state index < -0.39 is 16.8 Å². The zero-order valence-corrected chi connectivity index (χ0v) is 9.83. The molecule has 1 amide bonds. The van der Waals surface area contributed by atoms with E-state index in [0.717, 1.165) is 12.3 Å². The highest BCUT2D eigenvalue weighted by Gasteiger charge is 2.15. The number of carbonyl (C=O) groups excluding carboxylic acids is 1. The average molecular weight is 268 g/mol. The molecule has 0 unspecified atom stereocenters. The number of hydrogen-bond donors (Lipinski definition) is 3. The summed E-state index contributed by atoms with van der Waals surface area (Å²) < 4.78 is 0. The molecule has 19 heavy (non-hydrogen) atoms. The third kappa shape index (κ3) is 4.22. The Labute approximate surface area is 107 Å². The lowest BCUT2D eigenvalue weighted by atomic mass is 10.2. The molecule has 0 aliphatic rings. The van der Waals surface area contributed by atoms with Gasteiger partial charge in [0.15, 0.2) is 0 Å². The summed E-state index contributed by atoms with van der Waals surface area (Å²) >= 11 is 0. The third-order valence-corrected chi connectivity index (χ3v) is 2.21. The summed E-state index contributed by atoms with van der Waals surface area (Å²) in [6.07, 6.45) is 1.28. The fraction of sp³-hybridized carbons (Fsp3) is 0.300. The molecule has 1 rings (SSSR count). The lowest BCUT2D eigenvalue weighted by molar-refractivity contribution is -0.385. The molecular formula is C10H12N4O5. The van der Waals surface area contributed by atoms with Crippen LogP contribution < -0.4 is 11.1 Å². The maximum atomic E-state index is 11.2. The van der Waals surface area contributed by atoms with Gasteiger partial charge in [-0.1, -0.05) is 0 Å². The molecule has 0 fully saturated rings. The molecule has 9 heteroatoms. The van der Waals surface area contributed by atoms with E-state index >= 15 is 0 Å². The van der Waals surface area contributed by atoms with Gasteiger partial charge in [0.1, 0.15) is 12.0 Å². The van der Waals surface area contributed by atoms with Gasteiger partial charge in [0, 0.05) is 19.0 Å². The Morgan fingerprint density at radius 1 is 1.53 bits per heavy atom. The van der Waals surface area contributed by atoms with E-state index in [0.29, 0.717) is 6.42 Å². The molecule has 1 heterocycles. The highest BCUT2D eigenvalue weighted by Crippen LogP contribution is 2.18. The number of nitrogens with zero attached hydrogens (tertiary/aromatic N) is 2. The number of carbonyl (C=O) groups is 2. The van der Waals surface area contributed by atoms with Crippen LogP contribution in [-0.4, -0.2) is 33.4 Å². The summed E-state index contributed by atoms with van der Waals surface area (Å²) in [4.78, 5) is 35.1. The van der Waals surface area contributed by atoms with Gasteiger partial charge in [-0.05, 0) is 6.42 Å². The van der Waals surface area contributed by atoms with Gasteiger partial charge in [-0.3, -0.25) is 19.7 Å². The lowest BCUT2D eigenvalue weighted by Gasteiger charge is -2.07. The molecule has 0 atom stereocenters. The predicted molar refractivity (Wildman–Crippen MR) is 64.8 cm³/mol. The van der Waals surface area contributed by atoms with Gasteiger partial charge in [-0.2, -0.15) is 0 Å². The highest BCUT2D eigenvalue weighted by molar-refractivity contribution is 5.98. The summed E-state index contributed by atoms with van der Waals surface area (Å²) in [5.74, 6) is -1.69. The van der Waals surface area contributed by atoms with Crippen molar-refractivity contribution in [2.24, 2.45) is 5.73 Å². The average Bonchev–Trinajstić information content (AvgIpc) is 2.34. The molecule has 1 aromatic heterocycles. The largest absolute Gasteiger partial charge is 0.481 e. The van der Waals surface area contributed by atoms with Crippen LogP contribution in [0.2, 0.25) is 0 Å². The van der Waals surface area contributed by atoms with Crippen molar-refractivity contribution in [2.75, 3.05) is 11.9 Å². The number of nitrogens with one attached hydrogen (secondary N) is 1. The summed E-state index contributed by atoms with van der Waals surface area (Å²) in [7, 11) is 0. The minimum absolute atomic E-state index is 0.0358. The molecule has 102 valence electrons. The summed E-state index contributed by atoms with van der Waals surface area (Å²) in [5.41, 5.74) is 4.65. The Bertz CT molecular complexity index is 517. The Morgan fingerprint density at radius 2 is 2.21 bits per heavy atom.